The van der Waals surface area contributed by atoms with Crippen molar-refractivity contribution in [2.45, 2.75) is 26.3 Å². The van der Waals surface area contributed by atoms with Crippen molar-refractivity contribution in [1.29, 1.82) is 5.26 Å². The first-order valence-electron chi connectivity index (χ1n) is 5.80. The first kappa shape index (κ1) is 13.5. The van der Waals surface area contributed by atoms with Crippen LogP contribution >= 0.6 is 0 Å². The van der Waals surface area contributed by atoms with Crippen LogP contribution in [0.1, 0.15) is 30.9 Å². The second kappa shape index (κ2) is 6.27. The van der Waals surface area contributed by atoms with Crippen LogP contribution in [0.5, 0.6) is 5.75 Å². The van der Waals surface area contributed by atoms with Gasteiger partial charge >= 0.3 is 0 Å². The lowest BCUT2D eigenvalue weighted by molar-refractivity contribution is 0.349. The van der Waals surface area contributed by atoms with Crippen LogP contribution in [0, 0.1) is 11.3 Å². The van der Waals surface area contributed by atoms with E-state index in [4.69, 9.17) is 10.00 Å². The van der Waals surface area contributed by atoms with E-state index in [0.29, 0.717) is 12.5 Å². The van der Waals surface area contributed by atoms with E-state index in [2.05, 4.69) is 38.1 Å². The van der Waals surface area contributed by atoms with Gasteiger partial charge in [0.05, 0.1) is 19.7 Å². The van der Waals surface area contributed by atoms with E-state index < -0.39 is 0 Å². The summed E-state index contributed by atoms with van der Waals surface area (Å²) in [5, 5.41) is 8.64. The van der Waals surface area contributed by atoms with Gasteiger partial charge in [-0.05, 0) is 24.6 Å². The van der Waals surface area contributed by atoms with Crippen molar-refractivity contribution < 1.29 is 4.74 Å². The zero-order chi connectivity index (χ0) is 12.8. The second-order valence-electron chi connectivity index (χ2n) is 4.56. The molecule has 0 N–H and O–H groups in total. The topological polar surface area (TPSA) is 36.3 Å². The van der Waals surface area contributed by atoms with Crippen LogP contribution in [-0.4, -0.2) is 25.6 Å². The van der Waals surface area contributed by atoms with Gasteiger partial charge in [-0.25, -0.2) is 0 Å². The first-order chi connectivity index (χ1) is 8.08. The molecule has 0 aliphatic heterocycles. The molecule has 0 fully saturated rings. The van der Waals surface area contributed by atoms with Gasteiger partial charge in [0.1, 0.15) is 5.75 Å². The zero-order valence-electron chi connectivity index (χ0n) is 11.0. The van der Waals surface area contributed by atoms with Gasteiger partial charge < -0.3 is 4.74 Å². The molecule has 0 aliphatic rings. The van der Waals surface area contributed by atoms with E-state index >= 15 is 0 Å². The Balaban J connectivity index is 2.89. The fraction of sp³-hybridized carbons (Fsp3) is 0.500. The molecular weight excluding hydrogens is 212 g/mol. The Kier molecular flexibility index (Phi) is 4.99. The van der Waals surface area contributed by atoms with Gasteiger partial charge in [-0.15, -0.1) is 0 Å². The largest absolute Gasteiger partial charge is 0.496 e. The summed E-state index contributed by atoms with van der Waals surface area (Å²) >= 11 is 0. The summed E-state index contributed by atoms with van der Waals surface area (Å²) in [7, 11) is 3.62. The van der Waals surface area contributed by atoms with Crippen LogP contribution in [0.4, 0.5) is 0 Å². The highest BCUT2D eigenvalue weighted by Crippen LogP contribution is 2.25. The Hall–Kier alpha value is -1.53. The third-order valence-corrected chi connectivity index (χ3v) is 2.76. The molecule has 0 radical (unpaired) electrons. The number of methoxy groups -OCH3 is 1. The van der Waals surface area contributed by atoms with Crippen molar-refractivity contribution in [3.63, 3.8) is 0 Å². The van der Waals surface area contributed by atoms with Gasteiger partial charge in [0, 0.05) is 12.1 Å². The highest BCUT2D eigenvalue weighted by atomic mass is 16.5. The van der Waals surface area contributed by atoms with E-state index in [1.807, 2.05) is 11.9 Å². The molecule has 0 bridgehead atoms. The summed E-state index contributed by atoms with van der Waals surface area (Å²) < 4.78 is 5.41. The molecule has 0 saturated heterocycles. The second-order valence-corrected chi connectivity index (χ2v) is 4.56. The van der Waals surface area contributed by atoms with Crippen molar-refractivity contribution in [2.75, 3.05) is 20.7 Å². The molecule has 0 unspecified atom stereocenters. The highest BCUT2D eigenvalue weighted by molar-refractivity contribution is 5.38. The number of rotatable bonds is 5. The summed E-state index contributed by atoms with van der Waals surface area (Å²) in [6.45, 7) is 5.48. The lowest BCUT2D eigenvalue weighted by atomic mass is 10.0. The Bertz CT molecular complexity index is 407. The molecule has 17 heavy (non-hydrogen) atoms. The summed E-state index contributed by atoms with van der Waals surface area (Å²) in [5.74, 6) is 1.40. The smallest absolute Gasteiger partial charge is 0.123 e. The quantitative estimate of drug-likeness (QED) is 0.732. The van der Waals surface area contributed by atoms with Crippen molar-refractivity contribution in [3.8, 4) is 11.8 Å². The van der Waals surface area contributed by atoms with Gasteiger partial charge in [-0.3, -0.25) is 4.90 Å². The van der Waals surface area contributed by atoms with E-state index in [9.17, 15) is 0 Å². The van der Waals surface area contributed by atoms with Crippen molar-refractivity contribution in [3.05, 3.63) is 29.3 Å². The van der Waals surface area contributed by atoms with E-state index in [-0.39, 0.29) is 0 Å². The maximum absolute atomic E-state index is 8.64. The molecule has 0 aromatic heterocycles. The standard InChI is InChI=1S/C14H20N2O/c1-11(2)12-5-6-13(14(9-12)17-4)10-16(3)8-7-15/h5-6,9,11H,8,10H2,1-4H3. The molecule has 0 saturated carbocycles. The van der Waals surface area contributed by atoms with E-state index in [1.54, 1.807) is 7.11 Å². The van der Waals surface area contributed by atoms with Crippen molar-refractivity contribution >= 4 is 0 Å². The van der Waals surface area contributed by atoms with Crippen molar-refractivity contribution in [1.82, 2.24) is 4.90 Å². The fourth-order valence-electron chi connectivity index (χ4n) is 1.72. The molecule has 3 heteroatoms. The predicted octanol–water partition coefficient (Wildman–Crippen LogP) is 2.77. The number of nitriles is 1. The molecule has 1 rings (SSSR count). The van der Waals surface area contributed by atoms with E-state index in [1.165, 1.54) is 5.56 Å². The Morgan fingerprint density at radius 2 is 2.12 bits per heavy atom. The van der Waals surface area contributed by atoms with Crippen LogP contribution in [0.3, 0.4) is 0 Å². The summed E-state index contributed by atoms with van der Waals surface area (Å²) in [6.07, 6.45) is 0. The van der Waals surface area contributed by atoms with Gasteiger partial charge in [0.25, 0.3) is 0 Å². The van der Waals surface area contributed by atoms with Crippen LogP contribution in [0.2, 0.25) is 0 Å². The fourth-order valence-corrected chi connectivity index (χ4v) is 1.72. The molecule has 0 amide bonds. The summed E-state index contributed by atoms with van der Waals surface area (Å²) in [5.41, 5.74) is 2.39. The predicted molar refractivity (Wildman–Crippen MR) is 69.0 cm³/mol. The number of hydrogen-bond donors (Lipinski definition) is 0. The Morgan fingerprint density at radius 3 is 2.65 bits per heavy atom. The van der Waals surface area contributed by atoms with Crippen LogP contribution in [0.25, 0.3) is 0 Å². The molecule has 0 aliphatic carbocycles. The van der Waals surface area contributed by atoms with Crippen LogP contribution < -0.4 is 4.74 Å². The lowest BCUT2D eigenvalue weighted by Crippen LogP contribution is -2.18. The average Bonchev–Trinajstić information content (AvgIpc) is 2.29. The first-order valence-corrected chi connectivity index (χ1v) is 5.80. The lowest BCUT2D eigenvalue weighted by Gasteiger charge is -2.17. The number of nitrogens with zero attached hydrogens (tertiary/aromatic N) is 2. The van der Waals surface area contributed by atoms with Crippen molar-refractivity contribution in [2.24, 2.45) is 0 Å². The minimum atomic E-state index is 0.426. The number of hydrogen-bond acceptors (Lipinski definition) is 3. The molecule has 3 nitrogen and oxygen atoms in total. The highest BCUT2D eigenvalue weighted by Gasteiger charge is 2.08. The van der Waals surface area contributed by atoms with Crippen LogP contribution in [0.15, 0.2) is 18.2 Å². The zero-order valence-corrected chi connectivity index (χ0v) is 11.0. The molecule has 0 heterocycles. The van der Waals surface area contributed by atoms with E-state index in [0.717, 1.165) is 17.9 Å². The summed E-state index contributed by atoms with van der Waals surface area (Å²) in [4.78, 5) is 1.97. The van der Waals surface area contributed by atoms with Gasteiger partial charge in [-0.1, -0.05) is 26.0 Å². The molecular formula is C14H20N2O. The van der Waals surface area contributed by atoms with Gasteiger partial charge in [0.2, 0.25) is 0 Å². The Labute approximate surface area is 104 Å². The SMILES string of the molecule is COc1cc(C(C)C)ccc1CN(C)CC#N. The van der Waals surface area contributed by atoms with Gasteiger partial charge in [0.15, 0.2) is 0 Å². The molecule has 92 valence electrons. The maximum atomic E-state index is 8.64. The normalized spacial score (nSPS) is 10.6. The Morgan fingerprint density at radius 1 is 1.41 bits per heavy atom. The monoisotopic (exact) mass is 232 g/mol. The molecule has 0 atom stereocenters. The van der Waals surface area contributed by atoms with Gasteiger partial charge in [-0.2, -0.15) is 5.26 Å². The minimum absolute atomic E-state index is 0.426. The molecule has 1 aromatic rings. The number of ether oxygens (including phenoxy) is 1. The molecule has 1 aromatic carbocycles. The third kappa shape index (κ3) is 3.76. The summed E-state index contributed by atoms with van der Waals surface area (Å²) in [6, 6.07) is 8.44. The molecule has 0 spiro atoms. The third-order valence-electron chi connectivity index (χ3n) is 2.76. The minimum Gasteiger partial charge on any atom is -0.496 e. The number of benzene rings is 1. The average molecular weight is 232 g/mol. The van der Waals surface area contributed by atoms with Crippen LogP contribution in [-0.2, 0) is 6.54 Å². The maximum Gasteiger partial charge on any atom is 0.123 e.